The van der Waals surface area contributed by atoms with E-state index < -0.39 is 0 Å². The van der Waals surface area contributed by atoms with Crippen LogP contribution in [0, 0.1) is 11.8 Å². The van der Waals surface area contributed by atoms with Crippen molar-refractivity contribution in [1.29, 1.82) is 0 Å². The summed E-state index contributed by atoms with van der Waals surface area (Å²) in [5.74, 6) is 1.80. The smallest absolute Gasteiger partial charge is 0.225 e. The summed E-state index contributed by atoms with van der Waals surface area (Å²) >= 11 is 0. The van der Waals surface area contributed by atoms with Crippen LogP contribution in [0.4, 0.5) is 5.69 Å². The second kappa shape index (κ2) is 9.30. The number of amides is 2. The van der Waals surface area contributed by atoms with Crippen LogP contribution in [-0.4, -0.2) is 68.0 Å². The van der Waals surface area contributed by atoms with E-state index in [-0.39, 0.29) is 17.7 Å². The van der Waals surface area contributed by atoms with E-state index in [9.17, 15) is 9.59 Å². The van der Waals surface area contributed by atoms with Gasteiger partial charge < -0.3 is 19.4 Å². The largest absolute Gasteiger partial charge is 0.495 e. The zero-order valence-electron chi connectivity index (χ0n) is 17.4. The first kappa shape index (κ1) is 20.5. The number of rotatable bonds is 5. The predicted molar refractivity (Wildman–Crippen MR) is 111 cm³/mol. The van der Waals surface area contributed by atoms with E-state index in [1.54, 1.807) is 7.11 Å². The minimum atomic E-state index is 0.0564. The molecule has 2 aliphatic heterocycles. The molecule has 28 heavy (non-hydrogen) atoms. The molecule has 1 aromatic rings. The summed E-state index contributed by atoms with van der Waals surface area (Å²) in [6.45, 7) is 8.67. The maximum Gasteiger partial charge on any atom is 0.225 e. The lowest BCUT2D eigenvalue weighted by atomic mass is 9.94. The third kappa shape index (κ3) is 4.78. The number of likely N-dealkylation sites (tertiary alicyclic amines) is 1. The van der Waals surface area contributed by atoms with Gasteiger partial charge in [0.05, 0.1) is 12.8 Å². The van der Waals surface area contributed by atoms with Crippen molar-refractivity contribution in [2.45, 2.75) is 33.1 Å². The second-order valence-electron chi connectivity index (χ2n) is 8.24. The lowest BCUT2D eigenvalue weighted by Crippen LogP contribution is -2.52. The van der Waals surface area contributed by atoms with Crippen LogP contribution in [0.5, 0.6) is 5.75 Å². The molecule has 6 heteroatoms. The van der Waals surface area contributed by atoms with E-state index in [1.807, 2.05) is 28.0 Å². The lowest BCUT2D eigenvalue weighted by molar-refractivity contribution is -0.141. The van der Waals surface area contributed by atoms with Gasteiger partial charge in [-0.25, -0.2) is 0 Å². The summed E-state index contributed by atoms with van der Waals surface area (Å²) in [4.78, 5) is 31.4. The van der Waals surface area contributed by atoms with E-state index in [0.29, 0.717) is 25.4 Å². The third-order valence-corrected chi connectivity index (χ3v) is 5.80. The molecule has 0 saturated carbocycles. The summed E-state index contributed by atoms with van der Waals surface area (Å²) in [6, 6.07) is 8.03. The first-order valence-corrected chi connectivity index (χ1v) is 10.4. The van der Waals surface area contributed by atoms with Crippen LogP contribution in [0.1, 0.15) is 33.1 Å². The van der Waals surface area contributed by atoms with Gasteiger partial charge in [0.2, 0.25) is 11.8 Å². The molecule has 0 N–H and O–H groups in total. The molecule has 0 unspecified atom stereocenters. The Kier molecular flexibility index (Phi) is 6.81. The summed E-state index contributed by atoms with van der Waals surface area (Å²) < 4.78 is 5.47. The number of para-hydroxylation sites is 2. The van der Waals surface area contributed by atoms with Crippen molar-refractivity contribution in [3.63, 3.8) is 0 Å². The highest BCUT2D eigenvalue weighted by Gasteiger charge is 2.32. The number of piperidine rings is 1. The molecule has 2 saturated heterocycles. The molecule has 154 valence electrons. The van der Waals surface area contributed by atoms with Crippen LogP contribution >= 0.6 is 0 Å². The van der Waals surface area contributed by atoms with Gasteiger partial charge in [-0.15, -0.1) is 0 Å². The zero-order chi connectivity index (χ0) is 20.1. The van der Waals surface area contributed by atoms with Gasteiger partial charge in [-0.1, -0.05) is 26.0 Å². The molecule has 0 aromatic heterocycles. The van der Waals surface area contributed by atoms with Crippen molar-refractivity contribution < 1.29 is 14.3 Å². The highest BCUT2D eigenvalue weighted by atomic mass is 16.5. The Morgan fingerprint density at radius 3 is 2.25 bits per heavy atom. The number of benzene rings is 1. The normalized spacial score (nSPS) is 18.5. The number of carbonyl (C=O) groups is 2. The number of methoxy groups -OCH3 is 1. The SMILES string of the molecule is COc1ccccc1N1CCN(C(=O)C2CCN(C(=O)CC(C)C)CC2)CC1. The molecule has 6 nitrogen and oxygen atoms in total. The Hall–Kier alpha value is -2.24. The summed E-state index contributed by atoms with van der Waals surface area (Å²) in [5, 5.41) is 0. The van der Waals surface area contributed by atoms with Crippen molar-refractivity contribution in [2.75, 3.05) is 51.3 Å². The Labute approximate surface area is 168 Å². The topological polar surface area (TPSA) is 53.1 Å². The first-order valence-electron chi connectivity index (χ1n) is 10.4. The highest BCUT2D eigenvalue weighted by Crippen LogP contribution is 2.29. The Morgan fingerprint density at radius 2 is 1.64 bits per heavy atom. The minimum Gasteiger partial charge on any atom is -0.495 e. The molecule has 0 radical (unpaired) electrons. The monoisotopic (exact) mass is 387 g/mol. The number of hydrogen-bond donors (Lipinski definition) is 0. The summed E-state index contributed by atoms with van der Waals surface area (Å²) in [7, 11) is 1.69. The number of carbonyl (C=O) groups excluding carboxylic acids is 2. The molecule has 1 aromatic carbocycles. The van der Waals surface area contributed by atoms with Crippen molar-refractivity contribution in [2.24, 2.45) is 11.8 Å². The van der Waals surface area contributed by atoms with Gasteiger partial charge in [0.1, 0.15) is 5.75 Å². The molecule has 0 atom stereocenters. The Bertz CT molecular complexity index is 675. The molecule has 0 spiro atoms. The van der Waals surface area contributed by atoms with E-state index in [1.165, 1.54) is 0 Å². The maximum absolute atomic E-state index is 13.0. The van der Waals surface area contributed by atoms with Crippen LogP contribution < -0.4 is 9.64 Å². The second-order valence-corrected chi connectivity index (χ2v) is 8.24. The van der Waals surface area contributed by atoms with Gasteiger partial charge in [0, 0.05) is 51.6 Å². The standard InChI is InChI=1S/C22H33N3O3/c1-17(2)16-21(26)24-10-8-18(9-11-24)22(27)25-14-12-23(13-15-25)19-6-4-5-7-20(19)28-3/h4-7,17-18H,8-16H2,1-3H3. The molecular weight excluding hydrogens is 354 g/mol. The van der Waals surface area contributed by atoms with E-state index in [2.05, 4.69) is 24.8 Å². The van der Waals surface area contributed by atoms with E-state index >= 15 is 0 Å². The molecule has 3 rings (SSSR count). The number of ether oxygens (including phenoxy) is 1. The van der Waals surface area contributed by atoms with Crippen LogP contribution in [0.2, 0.25) is 0 Å². The molecule has 2 aliphatic rings. The number of hydrogen-bond acceptors (Lipinski definition) is 4. The molecule has 2 heterocycles. The molecule has 0 aliphatic carbocycles. The fraction of sp³-hybridized carbons (Fsp3) is 0.636. The number of piperazine rings is 1. The van der Waals surface area contributed by atoms with Gasteiger partial charge in [-0.2, -0.15) is 0 Å². The number of nitrogens with zero attached hydrogens (tertiary/aromatic N) is 3. The average Bonchev–Trinajstić information content (AvgIpc) is 2.73. The van der Waals surface area contributed by atoms with Gasteiger partial charge in [-0.05, 0) is 30.9 Å². The summed E-state index contributed by atoms with van der Waals surface area (Å²) in [6.07, 6.45) is 2.17. The molecule has 2 fully saturated rings. The third-order valence-electron chi connectivity index (χ3n) is 5.80. The minimum absolute atomic E-state index is 0.0564. The van der Waals surface area contributed by atoms with Gasteiger partial charge in [0.15, 0.2) is 0 Å². The molecular formula is C22H33N3O3. The van der Waals surface area contributed by atoms with Gasteiger partial charge in [-0.3, -0.25) is 9.59 Å². The van der Waals surface area contributed by atoms with Crippen LogP contribution in [0.15, 0.2) is 24.3 Å². The molecule has 2 amide bonds. The fourth-order valence-corrected chi connectivity index (χ4v) is 4.17. The van der Waals surface area contributed by atoms with Crippen LogP contribution in [-0.2, 0) is 9.59 Å². The Morgan fingerprint density at radius 1 is 1.00 bits per heavy atom. The van der Waals surface area contributed by atoms with Gasteiger partial charge in [0.25, 0.3) is 0 Å². The van der Waals surface area contributed by atoms with Crippen molar-refractivity contribution in [3.8, 4) is 5.75 Å². The molecule has 0 bridgehead atoms. The fourth-order valence-electron chi connectivity index (χ4n) is 4.17. The van der Waals surface area contributed by atoms with Gasteiger partial charge >= 0.3 is 0 Å². The highest BCUT2D eigenvalue weighted by molar-refractivity contribution is 5.80. The first-order chi connectivity index (χ1) is 13.5. The predicted octanol–water partition coefficient (Wildman–Crippen LogP) is 2.63. The Balaban J connectivity index is 1.49. The van der Waals surface area contributed by atoms with Crippen LogP contribution in [0.3, 0.4) is 0 Å². The zero-order valence-corrected chi connectivity index (χ0v) is 17.4. The van der Waals surface area contributed by atoms with E-state index in [4.69, 9.17) is 4.74 Å². The van der Waals surface area contributed by atoms with E-state index in [0.717, 1.165) is 50.5 Å². The van der Waals surface area contributed by atoms with Crippen molar-refractivity contribution >= 4 is 17.5 Å². The number of anilines is 1. The lowest BCUT2D eigenvalue weighted by Gasteiger charge is -2.39. The average molecular weight is 388 g/mol. The van der Waals surface area contributed by atoms with Crippen LogP contribution in [0.25, 0.3) is 0 Å². The maximum atomic E-state index is 13.0. The van der Waals surface area contributed by atoms with Crippen molar-refractivity contribution in [1.82, 2.24) is 9.80 Å². The quantitative estimate of drug-likeness (QED) is 0.779. The summed E-state index contributed by atoms with van der Waals surface area (Å²) in [5.41, 5.74) is 1.09. The van der Waals surface area contributed by atoms with Crippen molar-refractivity contribution in [3.05, 3.63) is 24.3 Å².